The predicted octanol–water partition coefficient (Wildman–Crippen LogP) is 5.22. The van der Waals surface area contributed by atoms with Gasteiger partial charge in [-0.15, -0.1) is 0 Å². The highest BCUT2D eigenvalue weighted by Crippen LogP contribution is 2.43. The van der Waals surface area contributed by atoms with E-state index in [1.807, 2.05) is 30.3 Å². The van der Waals surface area contributed by atoms with Crippen LogP contribution in [0.15, 0.2) is 30.3 Å². The van der Waals surface area contributed by atoms with E-state index in [1.54, 1.807) is 0 Å². The van der Waals surface area contributed by atoms with Gasteiger partial charge in [-0.1, -0.05) is 46.9 Å². The normalized spacial score (nSPS) is 12.4. The van der Waals surface area contributed by atoms with Crippen LogP contribution in [0.1, 0.15) is 11.1 Å². The Bertz CT molecular complexity index is 588. The molecule has 16 heavy (non-hydrogen) atoms. The maximum atomic E-state index is 6.20. The maximum Gasteiger partial charge on any atom is 0.0633 e. The van der Waals surface area contributed by atoms with Gasteiger partial charge in [0.1, 0.15) is 0 Å². The zero-order valence-electron chi connectivity index (χ0n) is 8.23. The fraction of sp³-hybridized carbons (Fsp3) is 0.0769. The molecule has 0 nitrogen and oxygen atoms in total. The van der Waals surface area contributed by atoms with E-state index in [1.165, 1.54) is 11.1 Å². The molecule has 3 heteroatoms. The molecule has 0 bridgehead atoms. The van der Waals surface area contributed by atoms with E-state index < -0.39 is 0 Å². The predicted molar refractivity (Wildman–Crippen MR) is 69.7 cm³/mol. The molecule has 0 spiro atoms. The van der Waals surface area contributed by atoms with Crippen LogP contribution in [-0.4, -0.2) is 0 Å². The quantitative estimate of drug-likeness (QED) is 0.525. The van der Waals surface area contributed by atoms with Crippen molar-refractivity contribution in [2.24, 2.45) is 0 Å². The lowest BCUT2D eigenvalue weighted by atomic mass is 10.1. The topological polar surface area (TPSA) is 0 Å². The second-order valence-electron chi connectivity index (χ2n) is 3.87. The van der Waals surface area contributed by atoms with Gasteiger partial charge in [0.05, 0.1) is 10.0 Å². The van der Waals surface area contributed by atoms with Gasteiger partial charge in [0.2, 0.25) is 0 Å². The van der Waals surface area contributed by atoms with Crippen molar-refractivity contribution in [2.75, 3.05) is 0 Å². The molecule has 0 saturated heterocycles. The first-order chi connectivity index (χ1) is 7.66. The molecule has 0 unspecified atom stereocenters. The Labute approximate surface area is 109 Å². The highest BCUT2D eigenvalue weighted by Gasteiger charge is 2.21. The molecule has 0 heterocycles. The van der Waals surface area contributed by atoms with Gasteiger partial charge in [-0.05, 0) is 40.5 Å². The number of hydrogen-bond donors (Lipinski definition) is 0. The first-order valence-corrected chi connectivity index (χ1v) is 6.06. The van der Waals surface area contributed by atoms with Crippen molar-refractivity contribution in [3.8, 4) is 11.1 Å². The summed E-state index contributed by atoms with van der Waals surface area (Å²) in [4.78, 5) is 0. The van der Waals surface area contributed by atoms with Crippen molar-refractivity contribution >= 4 is 34.8 Å². The molecule has 0 aliphatic heterocycles. The van der Waals surface area contributed by atoms with Crippen LogP contribution >= 0.6 is 34.8 Å². The fourth-order valence-corrected chi connectivity index (χ4v) is 2.74. The number of rotatable bonds is 0. The minimum atomic E-state index is 0.610. The molecule has 0 atom stereocenters. The molecule has 0 aromatic heterocycles. The summed E-state index contributed by atoms with van der Waals surface area (Å²) >= 11 is 18.2. The summed E-state index contributed by atoms with van der Waals surface area (Å²) < 4.78 is 0. The molecule has 2 aromatic carbocycles. The third-order valence-corrected chi connectivity index (χ3v) is 4.00. The molecular formula is C13H7Cl3. The second kappa shape index (κ2) is 3.66. The lowest BCUT2D eigenvalue weighted by Gasteiger charge is -2.04. The summed E-state index contributed by atoms with van der Waals surface area (Å²) in [7, 11) is 0. The van der Waals surface area contributed by atoms with Crippen LogP contribution in [0.2, 0.25) is 15.1 Å². The summed E-state index contributed by atoms with van der Waals surface area (Å²) in [5, 5.41) is 2.02. The highest BCUT2D eigenvalue weighted by molar-refractivity contribution is 6.43. The van der Waals surface area contributed by atoms with Crippen molar-refractivity contribution in [3.63, 3.8) is 0 Å². The first kappa shape index (κ1) is 10.5. The van der Waals surface area contributed by atoms with E-state index in [9.17, 15) is 0 Å². The molecule has 80 valence electrons. The molecule has 3 rings (SSSR count). The number of hydrogen-bond acceptors (Lipinski definition) is 0. The monoisotopic (exact) mass is 268 g/mol. The average molecular weight is 270 g/mol. The van der Waals surface area contributed by atoms with Crippen LogP contribution < -0.4 is 0 Å². The maximum absolute atomic E-state index is 6.20. The number of halogens is 3. The molecule has 1 aliphatic carbocycles. The van der Waals surface area contributed by atoms with Crippen LogP contribution in [0.5, 0.6) is 0 Å². The van der Waals surface area contributed by atoms with Crippen LogP contribution in [0.4, 0.5) is 0 Å². The number of benzene rings is 2. The Kier molecular flexibility index (Phi) is 2.39. The van der Waals surface area contributed by atoms with E-state index in [4.69, 9.17) is 34.8 Å². The summed E-state index contributed by atoms with van der Waals surface area (Å²) in [6.07, 6.45) is 0.835. The van der Waals surface area contributed by atoms with E-state index in [0.717, 1.165) is 22.6 Å². The zero-order chi connectivity index (χ0) is 11.3. The highest BCUT2D eigenvalue weighted by atomic mass is 35.5. The molecule has 0 amide bonds. The molecule has 0 fully saturated rings. The van der Waals surface area contributed by atoms with Gasteiger partial charge >= 0.3 is 0 Å². The van der Waals surface area contributed by atoms with Gasteiger partial charge in [-0.2, -0.15) is 0 Å². The lowest BCUT2D eigenvalue weighted by molar-refractivity contribution is 1.26. The van der Waals surface area contributed by atoms with Gasteiger partial charge in [0.15, 0.2) is 0 Å². The largest absolute Gasteiger partial charge is 0.0843 e. The molecule has 0 N–H and O–H groups in total. The molecule has 0 saturated carbocycles. The van der Waals surface area contributed by atoms with Crippen LogP contribution in [0, 0.1) is 0 Å². The second-order valence-corrected chi connectivity index (χ2v) is 5.09. The molecule has 1 aliphatic rings. The summed E-state index contributed by atoms with van der Waals surface area (Å²) in [6, 6.07) is 9.76. The average Bonchev–Trinajstić information content (AvgIpc) is 2.62. The Morgan fingerprint density at radius 3 is 2.50 bits per heavy atom. The van der Waals surface area contributed by atoms with Crippen molar-refractivity contribution in [2.45, 2.75) is 6.42 Å². The Hall–Kier alpha value is -0.690. The SMILES string of the molecule is Clc1ccc2c(c1)-c1ccc(Cl)c(Cl)c1C2. The minimum Gasteiger partial charge on any atom is -0.0843 e. The van der Waals surface area contributed by atoms with E-state index in [2.05, 4.69) is 0 Å². The van der Waals surface area contributed by atoms with Crippen LogP contribution in [0.25, 0.3) is 11.1 Å². The fourth-order valence-electron chi connectivity index (χ4n) is 2.16. The zero-order valence-corrected chi connectivity index (χ0v) is 10.5. The third-order valence-electron chi connectivity index (χ3n) is 2.93. The van der Waals surface area contributed by atoms with Crippen LogP contribution in [0.3, 0.4) is 0 Å². The van der Waals surface area contributed by atoms with Gasteiger partial charge < -0.3 is 0 Å². The minimum absolute atomic E-state index is 0.610. The van der Waals surface area contributed by atoms with E-state index >= 15 is 0 Å². The van der Waals surface area contributed by atoms with Crippen molar-refractivity contribution in [1.82, 2.24) is 0 Å². The third kappa shape index (κ3) is 1.45. The number of fused-ring (bicyclic) bond motifs is 3. The lowest BCUT2D eigenvalue weighted by Crippen LogP contribution is -1.82. The van der Waals surface area contributed by atoms with Crippen molar-refractivity contribution in [1.29, 1.82) is 0 Å². The Morgan fingerprint density at radius 1 is 0.875 bits per heavy atom. The summed E-state index contributed by atoms with van der Waals surface area (Å²) in [6.45, 7) is 0. The van der Waals surface area contributed by atoms with Gasteiger partial charge in [0.25, 0.3) is 0 Å². The standard InChI is InChI=1S/C13H7Cl3/c14-8-2-1-7-5-11-9(10(7)6-8)3-4-12(15)13(11)16/h1-4,6H,5H2. The summed E-state index contributed by atoms with van der Waals surface area (Å²) in [5.41, 5.74) is 4.67. The molecule has 2 aromatic rings. The Balaban J connectivity index is 2.30. The first-order valence-electron chi connectivity index (χ1n) is 4.92. The smallest absolute Gasteiger partial charge is 0.0633 e. The Morgan fingerprint density at radius 2 is 1.69 bits per heavy atom. The summed E-state index contributed by atoms with van der Waals surface area (Å²) in [5.74, 6) is 0. The molecule has 0 radical (unpaired) electrons. The van der Waals surface area contributed by atoms with E-state index in [0.29, 0.717) is 10.0 Å². The van der Waals surface area contributed by atoms with Gasteiger partial charge in [0, 0.05) is 11.4 Å². The molecular weight excluding hydrogens is 263 g/mol. The van der Waals surface area contributed by atoms with Gasteiger partial charge in [-0.25, -0.2) is 0 Å². The van der Waals surface area contributed by atoms with Crippen molar-refractivity contribution < 1.29 is 0 Å². The van der Waals surface area contributed by atoms with Crippen molar-refractivity contribution in [3.05, 3.63) is 56.5 Å². The van der Waals surface area contributed by atoms with Gasteiger partial charge in [-0.3, -0.25) is 0 Å². The van der Waals surface area contributed by atoms with Crippen LogP contribution in [-0.2, 0) is 6.42 Å². The van der Waals surface area contributed by atoms with E-state index in [-0.39, 0.29) is 0 Å².